The summed E-state index contributed by atoms with van der Waals surface area (Å²) in [4.78, 5) is 2.58. The van der Waals surface area contributed by atoms with E-state index in [1.807, 2.05) is 0 Å². The molecule has 1 N–H and O–H groups in total. The van der Waals surface area contributed by atoms with Crippen LogP contribution in [0, 0.1) is 6.92 Å². The van der Waals surface area contributed by atoms with Crippen LogP contribution in [0.5, 0.6) is 0 Å². The van der Waals surface area contributed by atoms with Crippen molar-refractivity contribution in [3.05, 3.63) is 47.5 Å². The van der Waals surface area contributed by atoms with Gasteiger partial charge in [0.1, 0.15) is 0 Å². The summed E-state index contributed by atoms with van der Waals surface area (Å²) < 4.78 is 0. The number of hydrogen-bond donors (Lipinski definition) is 1. The Hall–Kier alpha value is -1.38. The van der Waals surface area contributed by atoms with E-state index < -0.39 is 0 Å². The third kappa shape index (κ3) is 2.38. The summed E-state index contributed by atoms with van der Waals surface area (Å²) in [6.45, 7) is 9.03. The number of fused-ring (bicyclic) bond motifs is 1. The van der Waals surface area contributed by atoms with Gasteiger partial charge < -0.3 is 5.32 Å². The molecule has 0 saturated carbocycles. The van der Waals surface area contributed by atoms with Crippen molar-refractivity contribution < 1.29 is 0 Å². The van der Waals surface area contributed by atoms with E-state index in [-0.39, 0.29) is 0 Å². The van der Waals surface area contributed by atoms with Crippen molar-refractivity contribution in [2.45, 2.75) is 19.9 Å². The van der Waals surface area contributed by atoms with Crippen molar-refractivity contribution in [1.82, 2.24) is 10.2 Å². The first kappa shape index (κ1) is 12.6. The van der Waals surface area contributed by atoms with Crippen molar-refractivity contribution in [2.24, 2.45) is 0 Å². The van der Waals surface area contributed by atoms with Gasteiger partial charge >= 0.3 is 0 Å². The first-order valence-electron chi connectivity index (χ1n) is 7.20. The molecule has 2 aromatic rings. The quantitative estimate of drug-likeness (QED) is 0.886. The third-order valence-corrected chi connectivity index (χ3v) is 4.33. The molecule has 1 saturated heterocycles. The van der Waals surface area contributed by atoms with Gasteiger partial charge in [0.05, 0.1) is 0 Å². The molecule has 0 unspecified atom stereocenters. The predicted octanol–water partition coefficient (Wildman–Crippen LogP) is 3.11. The normalized spacial score (nSPS) is 18.6. The van der Waals surface area contributed by atoms with Gasteiger partial charge in [-0.15, -0.1) is 0 Å². The average molecular weight is 254 g/mol. The number of nitrogens with one attached hydrogen (secondary N) is 1. The van der Waals surface area contributed by atoms with Crippen LogP contribution in [0.25, 0.3) is 10.8 Å². The molecule has 2 heteroatoms. The van der Waals surface area contributed by atoms with Crippen LogP contribution in [0.4, 0.5) is 0 Å². The Bertz CT molecular complexity index is 570. The monoisotopic (exact) mass is 254 g/mol. The molecule has 0 aromatic heterocycles. The first-order chi connectivity index (χ1) is 9.27. The van der Waals surface area contributed by atoms with Gasteiger partial charge in [0.25, 0.3) is 0 Å². The van der Waals surface area contributed by atoms with Crippen LogP contribution in [0.2, 0.25) is 0 Å². The Labute approximate surface area is 115 Å². The number of benzene rings is 2. The largest absolute Gasteiger partial charge is 0.314 e. The summed E-state index contributed by atoms with van der Waals surface area (Å²) in [5.41, 5.74) is 2.83. The molecule has 0 radical (unpaired) electrons. The van der Waals surface area contributed by atoms with E-state index in [0.717, 1.165) is 26.2 Å². The Morgan fingerprint density at radius 3 is 2.42 bits per heavy atom. The zero-order valence-corrected chi connectivity index (χ0v) is 11.8. The van der Waals surface area contributed by atoms with Crippen LogP contribution in [0.1, 0.15) is 24.1 Å². The summed E-state index contributed by atoms with van der Waals surface area (Å²) >= 11 is 0. The number of piperazine rings is 1. The maximum Gasteiger partial charge on any atom is 0.0327 e. The number of aryl methyl sites for hydroxylation is 1. The smallest absolute Gasteiger partial charge is 0.0327 e. The van der Waals surface area contributed by atoms with E-state index in [0.29, 0.717) is 6.04 Å². The number of rotatable bonds is 2. The number of nitrogens with zero attached hydrogens (tertiary/aromatic N) is 1. The molecule has 1 aliphatic heterocycles. The van der Waals surface area contributed by atoms with E-state index >= 15 is 0 Å². The molecule has 2 nitrogen and oxygen atoms in total. The molecule has 1 heterocycles. The van der Waals surface area contributed by atoms with Crippen LogP contribution in [0.15, 0.2) is 36.4 Å². The van der Waals surface area contributed by atoms with Gasteiger partial charge in [0, 0.05) is 32.2 Å². The molecular formula is C17H22N2. The van der Waals surface area contributed by atoms with Gasteiger partial charge in [-0.1, -0.05) is 36.4 Å². The zero-order valence-electron chi connectivity index (χ0n) is 11.8. The van der Waals surface area contributed by atoms with Crippen molar-refractivity contribution in [1.29, 1.82) is 0 Å². The van der Waals surface area contributed by atoms with E-state index in [1.165, 1.54) is 21.9 Å². The highest BCUT2D eigenvalue weighted by molar-refractivity contribution is 5.88. The maximum atomic E-state index is 3.43. The maximum absolute atomic E-state index is 3.43. The van der Waals surface area contributed by atoms with Crippen molar-refractivity contribution in [3.8, 4) is 0 Å². The molecule has 100 valence electrons. The topological polar surface area (TPSA) is 15.3 Å². The highest BCUT2D eigenvalue weighted by atomic mass is 15.2. The lowest BCUT2D eigenvalue weighted by atomic mass is 9.95. The Balaban J connectivity index is 2.02. The molecular weight excluding hydrogens is 232 g/mol. The van der Waals surface area contributed by atoms with E-state index in [9.17, 15) is 0 Å². The summed E-state index contributed by atoms with van der Waals surface area (Å²) in [5, 5.41) is 6.23. The fourth-order valence-electron chi connectivity index (χ4n) is 3.10. The summed E-state index contributed by atoms with van der Waals surface area (Å²) in [7, 11) is 0. The Morgan fingerprint density at radius 1 is 1.00 bits per heavy atom. The molecule has 1 atom stereocenters. The lowest BCUT2D eigenvalue weighted by molar-refractivity contribution is 0.186. The van der Waals surface area contributed by atoms with E-state index in [4.69, 9.17) is 0 Å². The minimum Gasteiger partial charge on any atom is -0.314 e. The standard InChI is InChI=1S/C17H22N2/c1-13-7-8-16(17-6-4-3-5-15(13)17)14(2)19-11-9-18-10-12-19/h3-8,14,18H,9-12H2,1-2H3/t14-/m1/s1. The first-order valence-corrected chi connectivity index (χ1v) is 7.20. The molecule has 0 aliphatic carbocycles. The summed E-state index contributed by atoms with van der Waals surface area (Å²) in [6.07, 6.45) is 0. The molecule has 3 rings (SSSR count). The fourth-order valence-corrected chi connectivity index (χ4v) is 3.10. The molecule has 1 fully saturated rings. The SMILES string of the molecule is Cc1ccc([C@@H](C)N2CCNCC2)c2ccccc12. The Morgan fingerprint density at radius 2 is 1.68 bits per heavy atom. The minimum absolute atomic E-state index is 0.493. The molecule has 1 aliphatic rings. The van der Waals surface area contributed by atoms with Gasteiger partial charge in [0.2, 0.25) is 0 Å². The Kier molecular flexibility index (Phi) is 3.54. The zero-order chi connectivity index (χ0) is 13.2. The van der Waals surface area contributed by atoms with Gasteiger partial charge in [-0.25, -0.2) is 0 Å². The van der Waals surface area contributed by atoms with E-state index in [1.54, 1.807) is 0 Å². The van der Waals surface area contributed by atoms with Gasteiger partial charge in [-0.2, -0.15) is 0 Å². The lowest BCUT2D eigenvalue weighted by Crippen LogP contribution is -2.44. The predicted molar refractivity (Wildman–Crippen MR) is 81.5 cm³/mol. The van der Waals surface area contributed by atoms with Crippen LogP contribution in [0.3, 0.4) is 0 Å². The molecule has 0 amide bonds. The summed E-state index contributed by atoms with van der Waals surface area (Å²) in [6, 6.07) is 13.8. The highest BCUT2D eigenvalue weighted by Crippen LogP contribution is 2.30. The summed E-state index contributed by atoms with van der Waals surface area (Å²) in [5.74, 6) is 0. The second kappa shape index (κ2) is 5.32. The third-order valence-electron chi connectivity index (χ3n) is 4.33. The van der Waals surface area contributed by atoms with Gasteiger partial charge in [-0.05, 0) is 35.7 Å². The van der Waals surface area contributed by atoms with Crippen LogP contribution in [-0.2, 0) is 0 Å². The molecule has 2 aromatic carbocycles. The van der Waals surface area contributed by atoms with Crippen LogP contribution < -0.4 is 5.32 Å². The number of hydrogen-bond acceptors (Lipinski definition) is 2. The average Bonchev–Trinajstić information content (AvgIpc) is 2.48. The van der Waals surface area contributed by atoms with Gasteiger partial charge in [-0.3, -0.25) is 4.90 Å². The van der Waals surface area contributed by atoms with Crippen LogP contribution in [-0.4, -0.2) is 31.1 Å². The fraction of sp³-hybridized carbons (Fsp3) is 0.412. The minimum atomic E-state index is 0.493. The van der Waals surface area contributed by atoms with Crippen LogP contribution >= 0.6 is 0 Å². The molecule has 19 heavy (non-hydrogen) atoms. The molecule has 0 bridgehead atoms. The van der Waals surface area contributed by atoms with Gasteiger partial charge in [0.15, 0.2) is 0 Å². The van der Waals surface area contributed by atoms with E-state index in [2.05, 4.69) is 60.5 Å². The second-order valence-corrected chi connectivity index (χ2v) is 5.48. The van der Waals surface area contributed by atoms with Crippen molar-refractivity contribution in [3.63, 3.8) is 0 Å². The van der Waals surface area contributed by atoms with Crippen molar-refractivity contribution in [2.75, 3.05) is 26.2 Å². The molecule has 0 spiro atoms. The lowest BCUT2D eigenvalue weighted by Gasteiger charge is -2.33. The highest BCUT2D eigenvalue weighted by Gasteiger charge is 2.19. The van der Waals surface area contributed by atoms with Crippen molar-refractivity contribution >= 4 is 10.8 Å². The second-order valence-electron chi connectivity index (χ2n) is 5.48.